The van der Waals surface area contributed by atoms with E-state index in [-0.39, 0.29) is 0 Å². The lowest BCUT2D eigenvalue weighted by Crippen LogP contribution is -2.32. The van der Waals surface area contributed by atoms with Gasteiger partial charge < -0.3 is 10.1 Å². The van der Waals surface area contributed by atoms with E-state index in [0.29, 0.717) is 5.11 Å². The number of nitrogens with one attached hydrogen (secondary N) is 2. The highest BCUT2D eigenvalue weighted by molar-refractivity contribution is 7.80. The largest absolute Gasteiger partial charge is 0.496 e. The highest BCUT2D eigenvalue weighted by atomic mass is 32.1. The maximum Gasteiger partial charge on any atom is 0.186 e. The van der Waals surface area contributed by atoms with Gasteiger partial charge in [0.25, 0.3) is 0 Å². The normalized spacial score (nSPS) is 10.3. The number of methoxy groups -OCH3 is 1. The van der Waals surface area contributed by atoms with Gasteiger partial charge in [-0.1, -0.05) is 25.5 Å². The number of rotatable bonds is 6. The zero-order valence-corrected chi connectivity index (χ0v) is 11.6. The molecule has 0 saturated heterocycles. The first kappa shape index (κ1) is 14.4. The smallest absolute Gasteiger partial charge is 0.186 e. The third-order valence-electron chi connectivity index (χ3n) is 2.32. The van der Waals surface area contributed by atoms with Crippen LogP contribution in [0.3, 0.4) is 0 Å². The van der Waals surface area contributed by atoms with Crippen LogP contribution in [0, 0.1) is 0 Å². The van der Waals surface area contributed by atoms with Crippen molar-refractivity contribution in [1.29, 1.82) is 0 Å². The van der Waals surface area contributed by atoms with Crippen LogP contribution in [-0.2, 0) is 0 Å². The lowest BCUT2D eigenvalue weighted by Gasteiger charge is -2.06. The molecule has 0 aliphatic heterocycles. The Bertz CT molecular complexity index is 407. The molecule has 0 amide bonds. The number of hydrogen-bond acceptors (Lipinski definition) is 3. The van der Waals surface area contributed by atoms with Gasteiger partial charge in [0.1, 0.15) is 5.75 Å². The predicted molar refractivity (Wildman–Crippen MR) is 79.2 cm³/mol. The quantitative estimate of drug-likeness (QED) is 0.358. The molecule has 0 aromatic heterocycles. The molecule has 0 spiro atoms. The van der Waals surface area contributed by atoms with E-state index < -0.39 is 0 Å². The van der Waals surface area contributed by atoms with Crippen LogP contribution >= 0.6 is 12.2 Å². The molecule has 0 aliphatic carbocycles. The van der Waals surface area contributed by atoms with E-state index in [0.717, 1.165) is 30.7 Å². The lowest BCUT2D eigenvalue weighted by atomic mass is 10.2. The number of nitrogens with zero attached hydrogens (tertiary/aromatic N) is 1. The summed E-state index contributed by atoms with van der Waals surface area (Å²) in [6, 6.07) is 7.67. The summed E-state index contributed by atoms with van der Waals surface area (Å²) in [6.07, 6.45) is 3.92. The molecule has 1 aromatic carbocycles. The Morgan fingerprint density at radius 2 is 2.22 bits per heavy atom. The fourth-order valence-corrected chi connectivity index (χ4v) is 1.51. The monoisotopic (exact) mass is 265 g/mol. The summed E-state index contributed by atoms with van der Waals surface area (Å²) in [5.41, 5.74) is 3.68. The molecule has 2 N–H and O–H groups in total. The number of thiocarbonyl (C=S) groups is 1. The number of ether oxygens (including phenoxy) is 1. The van der Waals surface area contributed by atoms with E-state index in [4.69, 9.17) is 17.0 Å². The van der Waals surface area contributed by atoms with Gasteiger partial charge in [0, 0.05) is 12.1 Å². The third kappa shape index (κ3) is 5.14. The molecular weight excluding hydrogens is 246 g/mol. The second-order valence-electron chi connectivity index (χ2n) is 3.72. The van der Waals surface area contributed by atoms with Crippen molar-refractivity contribution in [2.24, 2.45) is 5.10 Å². The Balaban J connectivity index is 2.42. The van der Waals surface area contributed by atoms with Crippen LogP contribution in [0.25, 0.3) is 0 Å². The standard InChI is InChI=1S/C13H19N3OS/c1-3-4-9-14-13(18)16-15-10-11-7-5-6-8-12(11)17-2/h5-8,10H,3-4,9H2,1-2H3,(H2,14,16,18)/b15-10-. The van der Waals surface area contributed by atoms with Crippen molar-refractivity contribution in [1.82, 2.24) is 10.7 Å². The molecule has 0 radical (unpaired) electrons. The van der Waals surface area contributed by atoms with Crippen molar-refractivity contribution in [3.8, 4) is 5.75 Å². The molecule has 1 rings (SSSR count). The summed E-state index contributed by atoms with van der Waals surface area (Å²) in [4.78, 5) is 0. The molecule has 0 saturated carbocycles. The van der Waals surface area contributed by atoms with Gasteiger partial charge in [-0.15, -0.1) is 0 Å². The Morgan fingerprint density at radius 3 is 2.94 bits per heavy atom. The molecule has 0 fully saturated rings. The van der Waals surface area contributed by atoms with Gasteiger partial charge in [0.15, 0.2) is 5.11 Å². The van der Waals surface area contributed by atoms with Gasteiger partial charge in [-0.3, -0.25) is 5.43 Å². The van der Waals surface area contributed by atoms with Crippen molar-refractivity contribution < 1.29 is 4.74 Å². The number of unbranched alkanes of at least 4 members (excludes halogenated alkanes) is 1. The van der Waals surface area contributed by atoms with E-state index in [9.17, 15) is 0 Å². The highest BCUT2D eigenvalue weighted by Crippen LogP contribution is 2.14. The minimum atomic E-state index is 0.537. The first-order valence-corrected chi connectivity index (χ1v) is 6.38. The fraction of sp³-hybridized carbons (Fsp3) is 0.385. The molecule has 1 aromatic rings. The van der Waals surface area contributed by atoms with Crippen molar-refractivity contribution >= 4 is 23.5 Å². The Hall–Kier alpha value is -1.62. The molecule has 0 unspecified atom stereocenters. The van der Waals surface area contributed by atoms with E-state index >= 15 is 0 Å². The summed E-state index contributed by atoms with van der Waals surface area (Å²) >= 11 is 5.08. The molecule has 0 aliphatic rings. The molecule has 18 heavy (non-hydrogen) atoms. The topological polar surface area (TPSA) is 45.7 Å². The van der Waals surface area contributed by atoms with Crippen molar-refractivity contribution in [3.63, 3.8) is 0 Å². The molecular formula is C13H19N3OS. The van der Waals surface area contributed by atoms with Crippen LogP contribution in [0.15, 0.2) is 29.4 Å². The Labute approximate surface area is 113 Å². The molecule has 98 valence electrons. The van der Waals surface area contributed by atoms with Crippen molar-refractivity contribution in [2.75, 3.05) is 13.7 Å². The van der Waals surface area contributed by atoms with Gasteiger partial charge in [-0.2, -0.15) is 5.10 Å². The van der Waals surface area contributed by atoms with Crippen LogP contribution in [-0.4, -0.2) is 25.0 Å². The van der Waals surface area contributed by atoms with Crippen molar-refractivity contribution in [3.05, 3.63) is 29.8 Å². The summed E-state index contributed by atoms with van der Waals surface area (Å²) < 4.78 is 5.21. The van der Waals surface area contributed by atoms with Gasteiger partial charge >= 0.3 is 0 Å². The van der Waals surface area contributed by atoms with Crippen molar-refractivity contribution in [2.45, 2.75) is 19.8 Å². The Morgan fingerprint density at radius 1 is 1.44 bits per heavy atom. The fourth-order valence-electron chi connectivity index (χ4n) is 1.35. The maximum atomic E-state index is 5.21. The Kier molecular flexibility index (Phi) is 6.79. The van der Waals surface area contributed by atoms with Crippen LogP contribution in [0.1, 0.15) is 25.3 Å². The highest BCUT2D eigenvalue weighted by Gasteiger charge is 1.97. The van der Waals surface area contributed by atoms with Crippen LogP contribution < -0.4 is 15.5 Å². The first-order chi connectivity index (χ1) is 8.77. The second kappa shape index (κ2) is 8.47. The summed E-state index contributed by atoms with van der Waals surface area (Å²) in [7, 11) is 1.64. The lowest BCUT2D eigenvalue weighted by molar-refractivity contribution is 0.414. The van der Waals surface area contributed by atoms with E-state index in [1.54, 1.807) is 13.3 Å². The summed E-state index contributed by atoms with van der Waals surface area (Å²) in [5, 5.41) is 7.68. The average Bonchev–Trinajstić information content (AvgIpc) is 2.39. The molecule has 0 heterocycles. The van der Waals surface area contributed by atoms with Gasteiger partial charge in [-0.05, 0) is 30.8 Å². The predicted octanol–water partition coefficient (Wildman–Crippen LogP) is 2.29. The molecule has 0 atom stereocenters. The van der Waals surface area contributed by atoms with Gasteiger partial charge in [0.2, 0.25) is 0 Å². The average molecular weight is 265 g/mol. The van der Waals surface area contributed by atoms with Crippen LogP contribution in [0.4, 0.5) is 0 Å². The van der Waals surface area contributed by atoms with E-state index in [1.807, 2.05) is 24.3 Å². The minimum absolute atomic E-state index is 0.537. The number of benzene rings is 1. The van der Waals surface area contributed by atoms with E-state index in [2.05, 4.69) is 22.8 Å². The first-order valence-electron chi connectivity index (χ1n) is 5.97. The number of para-hydroxylation sites is 1. The second-order valence-corrected chi connectivity index (χ2v) is 4.13. The van der Waals surface area contributed by atoms with Crippen LogP contribution in [0.5, 0.6) is 5.75 Å². The van der Waals surface area contributed by atoms with Gasteiger partial charge in [-0.25, -0.2) is 0 Å². The van der Waals surface area contributed by atoms with Crippen LogP contribution in [0.2, 0.25) is 0 Å². The SMILES string of the molecule is CCCCNC(=S)N/N=C\c1ccccc1OC. The summed E-state index contributed by atoms with van der Waals surface area (Å²) in [6.45, 7) is 3.00. The van der Waals surface area contributed by atoms with E-state index in [1.165, 1.54) is 0 Å². The number of hydrazone groups is 1. The minimum Gasteiger partial charge on any atom is -0.496 e. The maximum absolute atomic E-state index is 5.21. The molecule has 0 bridgehead atoms. The molecule has 5 heteroatoms. The molecule has 4 nitrogen and oxygen atoms in total. The summed E-state index contributed by atoms with van der Waals surface area (Å²) in [5.74, 6) is 0.785. The third-order valence-corrected chi connectivity index (χ3v) is 2.56. The zero-order chi connectivity index (χ0) is 13.2. The zero-order valence-electron chi connectivity index (χ0n) is 10.8. The van der Waals surface area contributed by atoms with Gasteiger partial charge in [0.05, 0.1) is 13.3 Å². The number of hydrogen-bond donors (Lipinski definition) is 2.